The molecule has 106 valence electrons. The molecule has 1 aliphatic heterocycles. The van der Waals surface area contributed by atoms with E-state index in [-0.39, 0.29) is 5.91 Å². The normalized spacial score (nSPS) is 23.0. The number of carbonyl (C=O) groups is 1. The van der Waals surface area contributed by atoms with Crippen molar-refractivity contribution < 1.29 is 14.4 Å². The van der Waals surface area contributed by atoms with Crippen LogP contribution in [0.2, 0.25) is 0 Å². The van der Waals surface area contributed by atoms with E-state index in [1.54, 1.807) is 17.9 Å². The number of aromatic nitrogens is 1. The minimum atomic E-state index is -0.811. The Hall–Kier alpha value is -1.66. The highest BCUT2D eigenvalue weighted by Crippen LogP contribution is 2.26. The highest BCUT2D eigenvalue weighted by Gasteiger charge is 2.32. The Bertz CT molecular complexity index is 604. The van der Waals surface area contributed by atoms with Crippen LogP contribution in [0, 0.1) is 0 Å². The Morgan fingerprint density at radius 2 is 2.45 bits per heavy atom. The Morgan fingerprint density at radius 1 is 1.60 bits per heavy atom. The van der Waals surface area contributed by atoms with Gasteiger partial charge in [-0.2, -0.15) is 0 Å². The fraction of sp³-hybridized carbons (Fsp3) is 0.429. The summed E-state index contributed by atoms with van der Waals surface area (Å²) in [6.07, 6.45) is 1.52. The molecule has 2 aromatic rings. The molecule has 1 unspecified atom stereocenters. The van der Waals surface area contributed by atoms with E-state index < -0.39 is 5.60 Å². The Balaban J connectivity index is 1.78. The molecule has 20 heavy (non-hydrogen) atoms. The fourth-order valence-corrected chi connectivity index (χ4v) is 3.14. The van der Waals surface area contributed by atoms with E-state index in [9.17, 15) is 9.90 Å². The molecule has 0 aromatic carbocycles. The highest BCUT2D eigenvalue weighted by atomic mass is 32.1. The smallest absolute Gasteiger partial charge is 0.276 e. The van der Waals surface area contributed by atoms with Gasteiger partial charge in [-0.15, -0.1) is 11.3 Å². The lowest BCUT2D eigenvalue weighted by atomic mass is 9.95. The van der Waals surface area contributed by atoms with Gasteiger partial charge in [-0.1, -0.05) is 11.2 Å². The molecular formula is C14H16N2O3S. The van der Waals surface area contributed by atoms with Crippen molar-refractivity contribution in [3.63, 3.8) is 0 Å². The summed E-state index contributed by atoms with van der Waals surface area (Å²) in [5, 5.41) is 15.9. The van der Waals surface area contributed by atoms with E-state index in [2.05, 4.69) is 5.16 Å². The van der Waals surface area contributed by atoms with Crippen LogP contribution in [0.1, 0.15) is 30.3 Å². The summed E-state index contributed by atoms with van der Waals surface area (Å²) in [6.45, 7) is 2.75. The van der Waals surface area contributed by atoms with Gasteiger partial charge in [0.2, 0.25) is 0 Å². The van der Waals surface area contributed by atoms with Gasteiger partial charge in [0.05, 0.1) is 10.5 Å². The summed E-state index contributed by atoms with van der Waals surface area (Å²) in [5.41, 5.74) is -0.514. The molecule has 3 heterocycles. The van der Waals surface area contributed by atoms with Crippen LogP contribution in [0.25, 0.3) is 10.6 Å². The third-order valence-electron chi connectivity index (χ3n) is 3.46. The predicted octanol–water partition coefficient (Wildman–Crippen LogP) is 2.39. The second-order valence-electron chi connectivity index (χ2n) is 5.38. The maximum atomic E-state index is 12.4. The van der Waals surface area contributed by atoms with Crippen LogP contribution in [0.15, 0.2) is 28.1 Å². The van der Waals surface area contributed by atoms with Gasteiger partial charge >= 0.3 is 0 Å². The van der Waals surface area contributed by atoms with E-state index in [4.69, 9.17) is 4.52 Å². The van der Waals surface area contributed by atoms with Gasteiger partial charge in [0.15, 0.2) is 11.5 Å². The SMILES string of the molecule is CC1(O)CCCN(C(=O)c2cc(-c3cccs3)on2)C1. The Kier molecular flexibility index (Phi) is 3.35. The lowest BCUT2D eigenvalue weighted by molar-refractivity contribution is -0.0110. The lowest BCUT2D eigenvalue weighted by Gasteiger charge is -2.36. The summed E-state index contributed by atoms with van der Waals surface area (Å²) >= 11 is 1.54. The number of β-amino-alcohol motifs (C(OH)–C–C–N with tert-alkyl or cyclic N) is 1. The van der Waals surface area contributed by atoms with Crippen molar-refractivity contribution in [1.82, 2.24) is 10.1 Å². The van der Waals surface area contributed by atoms with Crippen molar-refractivity contribution in [2.24, 2.45) is 0 Å². The second-order valence-corrected chi connectivity index (χ2v) is 6.33. The van der Waals surface area contributed by atoms with E-state index in [1.807, 2.05) is 17.5 Å². The number of piperidine rings is 1. The topological polar surface area (TPSA) is 66.6 Å². The van der Waals surface area contributed by atoms with Gasteiger partial charge in [-0.3, -0.25) is 4.79 Å². The van der Waals surface area contributed by atoms with Crippen molar-refractivity contribution >= 4 is 17.2 Å². The highest BCUT2D eigenvalue weighted by molar-refractivity contribution is 7.13. The molecule has 1 aliphatic rings. The quantitative estimate of drug-likeness (QED) is 0.923. The van der Waals surface area contributed by atoms with E-state index in [0.717, 1.165) is 17.7 Å². The van der Waals surface area contributed by atoms with Crippen LogP contribution in [-0.2, 0) is 0 Å². The van der Waals surface area contributed by atoms with Crippen molar-refractivity contribution in [2.45, 2.75) is 25.4 Å². The summed E-state index contributed by atoms with van der Waals surface area (Å²) in [4.78, 5) is 15.0. The molecule has 1 fully saturated rings. The van der Waals surface area contributed by atoms with Crippen molar-refractivity contribution in [1.29, 1.82) is 0 Å². The zero-order valence-electron chi connectivity index (χ0n) is 11.2. The second kappa shape index (κ2) is 5.03. The molecular weight excluding hydrogens is 276 g/mol. The number of carbonyl (C=O) groups excluding carboxylic acids is 1. The molecule has 6 heteroatoms. The minimum Gasteiger partial charge on any atom is -0.388 e. The van der Waals surface area contributed by atoms with E-state index in [1.165, 1.54) is 11.3 Å². The standard InChI is InChI=1S/C14H16N2O3S/c1-14(18)5-3-6-16(9-14)13(17)10-8-11(19-15-10)12-4-2-7-20-12/h2,4,7-8,18H,3,5-6,9H2,1H3. The van der Waals surface area contributed by atoms with Crippen LogP contribution in [0.4, 0.5) is 0 Å². The van der Waals surface area contributed by atoms with Crippen LogP contribution >= 0.6 is 11.3 Å². The number of aliphatic hydroxyl groups is 1. The van der Waals surface area contributed by atoms with Gasteiger partial charge in [-0.05, 0) is 31.2 Å². The van der Waals surface area contributed by atoms with Crippen molar-refractivity contribution in [2.75, 3.05) is 13.1 Å². The molecule has 0 spiro atoms. The summed E-state index contributed by atoms with van der Waals surface area (Å²) in [5.74, 6) is 0.420. The first-order valence-electron chi connectivity index (χ1n) is 6.57. The minimum absolute atomic E-state index is 0.184. The number of rotatable bonds is 2. The summed E-state index contributed by atoms with van der Waals surface area (Å²) in [7, 11) is 0. The van der Waals surface area contributed by atoms with Gasteiger partial charge in [0.1, 0.15) is 0 Å². The maximum Gasteiger partial charge on any atom is 0.276 e. The maximum absolute atomic E-state index is 12.4. The van der Waals surface area contributed by atoms with Crippen molar-refractivity contribution in [3.05, 3.63) is 29.3 Å². The molecule has 1 atom stereocenters. The van der Waals surface area contributed by atoms with Crippen LogP contribution < -0.4 is 0 Å². The molecule has 5 nitrogen and oxygen atoms in total. The van der Waals surface area contributed by atoms with Crippen LogP contribution in [0.5, 0.6) is 0 Å². The monoisotopic (exact) mass is 292 g/mol. The molecule has 0 aliphatic carbocycles. The van der Waals surface area contributed by atoms with Gasteiger partial charge in [0.25, 0.3) is 5.91 Å². The molecule has 1 N–H and O–H groups in total. The number of nitrogens with zero attached hydrogens (tertiary/aromatic N) is 2. The average molecular weight is 292 g/mol. The van der Waals surface area contributed by atoms with Gasteiger partial charge in [0, 0.05) is 19.2 Å². The molecule has 1 saturated heterocycles. The summed E-state index contributed by atoms with van der Waals surface area (Å²) in [6, 6.07) is 5.51. The summed E-state index contributed by atoms with van der Waals surface area (Å²) < 4.78 is 5.22. The third kappa shape index (κ3) is 2.62. The number of thiophene rings is 1. The third-order valence-corrected chi connectivity index (χ3v) is 4.34. The first-order chi connectivity index (χ1) is 9.55. The Morgan fingerprint density at radius 3 is 3.15 bits per heavy atom. The fourth-order valence-electron chi connectivity index (χ4n) is 2.47. The predicted molar refractivity (Wildman–Crippen MR) is 75.6 cm³/mol. The average Bonchev–Trinajstić information content (AvgIpc) is 3.07. The number of hydrogen-bond donors (Lipinski definition) is 1. The van der Waals surface area contributed by atoms with Crippen molar-refractivity contribution in [3.8, 4) is 10.6 Å². The zero-order chi connectivity index (χ0) is 14.2. The molecule has 0 radical (unpaired) electrons. The first-order valence-corrected chi connectivity index (χ1v) is 7.45. The lowest BCUT2D eigenvalue weighted by Crippen LogP contribution is -2.48. The molecule has 0 saturated carbocycles. The largest absolute Gasteiger partial charge is 0.388 e. The number of likely N-dealkylation sites (tertiary alicyclic amines) is 1. The van der Waals surface area contributed by atoms with E-state index in [0.29, 0.717) is 24.5 Å². The zero-order valence-corrected chi connectivity index (χ0v) is 12.0. The molecule has 0 bridgehead atoms. The molecule has 3 rings (SSSR count). The van der Waals surface area contributed by atoms with Gasteiger partial charge < -0.3 is 14.5 Å². The molecule has 2 aromatic heterocycles. The number of hydrogen-bond acceptors (Lipinski definition) is 5. The first kappa shape index (κ1) is 13.3. The molecule has 1 amide bonds. The number of amides is 1. The van der Waals surface area contributed by atoms with E-state index >= 15 is 0 Å². The van der Waals surface area contributed by atoms with Gasteiger partial charge in [-0.25, -0.2) is 0 Å². The van der Waals surface area contributed by atoms with Crippen LogP contribution in [0.3, 0.4) is 0 Å². The van der Waals surface area contributed by atoms with Crippen LogP contribution in [-0.4, -0.2) is 39.8 Å². The Labute approximate surface area is 120 Å².